The third-order valence-corrected chi connectivity index (χ3v) is 7.69. The number of rotatable bonds is 9. The number of aromatic amines is 2. The molecule has 40 heavy (non-hydrogen) atoms. The average Bonchev–Trinajstić information content (AvgIpc) is 3.69. The number of benzene rings is 2. The fraction of sp³-hybridized carbons (Fsp3) is 0.364. The number of halogens is 1. The van der Waals surface area contributed by atoms with Crippen molar-refractivity contribution < 1.29 is 4.39 Å². The second-order valence-electron chi connectivity index (χ2n) is 10.6. The fourth-order valence-corrected chi connectivity index (χ4v) is 5.43. The molecule has 208 valence electrons. The predicted octanol–water partition coefficient (Wildman–Crippen LogP) is 7.95. The Labute approximate surface area is 236 Å². The van der Waals surface area contributed by atoms with Gasteiger partial charge in [0.25, 0.3) is 0 Å². The van der Waals surface area contributed by atoms with Gasteiger partial charge in [0.15, 0.2) is 0 Å². The third kappa shape index (κ3) is 7.02. The van der Waals surface area contributed by atoms with Crippen LogP contribution in [0.4, 0.5) is 4.39 Å². The Balaban J connectivity index is 0.000000161. The summed E-state index contributed by atoms with van der Waals surface area (Å²) in [6.07, 6.45) is 17.1. The Hall–Kier alpha value is -3.84. The summed E-state index contributed by atoms with van der Waals surface area (Å²) in [5, 5.41) is 15.4. The van der Waals surface area contributed by atoms with Crippen LogP contribution in [-0.2, 0) is 13.0 Å². The minimum Gasteiger partial charge on any atom is -0.299 e. The lowest BCUT2D eigenvalue weighted by Crippen LogP contribution is -2.30. The first kappa shape index (κ1) is 27.7. The smallest absolute Gasteiger partial charge is 0.127 e. The molecular weight excluding hydrogens is 499 g/mol. The van der Waals surface area contributed by atoms with Gasteiger partial charge in [-0.2, -0.15) is 10.2 Å². The van der Waals surface area contributed by atoms with Crippen LogP contribution >= 0.6 is 0 Å². The minimum absolute atomic E-state index is 0.0106. The predicted molar refractivity (Wildman–Crippen MR) is 160 cm³/mol. The van der Waals surface area contributed by atoms with Gasteiger partial charge in [0.1, 0.15) is 11.5 Å². The normalized spacial score (nSPS) is 13.8. The van der Waals surface area contributed by atoms with Crippen molar-refractivity contribution in [1.82, 2.24) is 30.3 Å². The topological polar surface area (TPSA) is 73.5 Å². The molecule has 1 saturated heterocycles. The molecule has 0 bridgehead atoms. The summed E-state index contributed by atoms with van der Waals surface area (Å²) in [7, 11) is 0. The van der Waals surface area contributed by atoms with Crippen molar-refractivity contribution in [3.8, 4) is 22.4 Å². The number of hydrogen-bond acceptors (Lipinski definition) is 4. The maximum Gasteiger partial charge on any atom is 0.127 e. The van der Waals surface area contributed by atoms with Gasteiger partial charge in [0, 0.05) is 47.2 Å². The van der Waals surface area contributed by atoms with E-state index in [1.165, 1.54) is 50.5 Å². The van der Waals surface area contributed by atoms with Crippen molar-refractivity contribution in [2.24, 2.45) is 0 Å². The zero-order valence-electron chi connectivity index (χ0n) is 23.4. The molecule has 0 unspecified atom stereocenters. The summed E-state index contributed by atoms with van der Waals surface area (Å²) in [5.74, 6) is -0.0106. The van der Waals surface area contributed by atoms with Gasteiger partial charge in [-0.3, -0.25) is 20.1 Å². The molecule has 1 fully saturated rings. The zero-order valence-corrected chi connectivity index (χ0v) is 23.4. The number of aromatic nitrogens is 5. The van der Waals surface area contributed by atoms with Gasteiger partial charge >= 0.3 is 0 Å². The van der Waals surface area contributed by atoms with E-state index in [-0.39, 0.29) is 5.82 Å². The van der Waals surface area contributed by atoms with E-state index in [0.29, 0.717) is 0 Å². The second-order valence-corrected chi connectivity index (χ2v) is 10.6. The molecule has 0 aliphatic carbocycles. The Morgan fingerprint density at radius 1 is 0.900 bits per heavy atom. The van der Waals surface area contributed by atoms with Crippen LogP contribution in [0, 0.1) is 5.82 Å². The van der Waals surface area contributed by atoms with E-state index in [1.807, 2.05) is 36.7 Å². The summed E-state index contributed by atoms with van der Waals surface area (Å²) >= 11 is 0. The molecule has 6 rings (SSSR count). The highest BCUT2D eigenvalue weighted by atomic mass is 19.1. The van der Waals surface area contributed by atoms with E-state index in [1.54, 1.807) is 18.5 Å². The lowest BCUT2D eigenvalue weighted by Gasteiger charge is -2.27. The zero-order chi connectivity index (χ0) is 27.6. The molecule has 1 aliphatic rings. The van der Waals surface area contributed by atoms with E-state index in [2.05, 4.69) is 55.4 Å². The highest BCUT2D eigenvalue weighted by Gasteiger charge is 2.15. The third-order valence-electron chi connectivity index (χ3n) is 7.69. The minimum atomic E-state index is -0.0106. The van der Waals surface area contributed by atoms with Crippen LogP contribution in [0.15, 0.2) is 73.3 Å². The Morgan fingerprint density at radius 3 is 2.52 bits per heavy atom. The van der Waals surface area contributed by atoms with Gasteiger partial charge < -0.3 is 0 Å². The molecule has 5 aromatic rings. The quantitative estimate of drug-likeness (QED) is 0.187. The highest BCUT2D eigenvalue weighted by Crippen LogP contribution is 2.29. The molecule has 3 aromatic heterocycles. The Kier molecular flexibility index (Phi) is 9.69. The van der Waals surface area contributed by atoms with E-state index in [4.69, 9.17) is 0 Å². The first-order valence-corrected chi connectivity index (χ1v) is 14.6. The van der Waals surface area contributed by atoms with Crippen molar-refractivity contribution in [1.29, 1.82) is 0 Å². The van der Waals surface area contributed by atoms with Crippen molar-refractivity contribution in [3.63, 3.8) is 0 Å². The molecule has 2 aromatic carbocycles. The number of H-pyrrole nitrogens is 2. The molecule has 0 spiro atoms. The van der Waals surface area contributed by atoms with Crippen LogP contribution in [-0.4, -0.2) is 43.4 Å². The number of piperidine rings is 1. The SMILES string of the molecule is CCCCCCc1cccc(F)c1CN1CCCCC1.c1cc(-c2n[nH]c3ccc(-c4cn[nH]c4)cc23)ccn1. The van der Waals surface area contributed by atoms with Crippen molar-refractivity contribution in [2.75, 3.05) is 13.1 Å². The van der Waals surface area contributed by atoms with Gasteiger partial charge in [-0.1, -0.05) is 50.8 Å². The van der Waals surface area contributed by atoms with Crippen molar-refractivity contribution in [2.45, 2.75) is 64.8 Å². The number of pyridine rings is 1. The molecule has 0 saturated carbocycles. The molecule has 1 aliphatic heterocycles. The number of hydrogen-bond donors (Lipinski definition) is 2. The number of likely N-dealkylation sites (tertiary alicyclic amines) is 1. The van der Waals surface area contributed by atoms with Crippen LogP contribution in [0.25, 0.3) is 33.3 Å². The van der Waals surface area contributed by atoms with Crippen LogP contribution in [0.5, 0.6) is 0 Å². The van der Waals surface area contributed by atoms with Gasteiger partial charge in [-0.25, -0.2) is 4.39 Å². The lowest BCUT2D eigenvalue weighted by atomic mass is 9.99. The lowest BCUT2D eigenvalue weighted by molar-refractivity contribution is 0.217. The Bertz CT molecular complexity index is 1460. The molecule has 7 heteroatoms. The maximum absolute atomic E-state index is 14.2. The first-order chi connectivity index (χ1) is 19.7. The molecule has 2 N–H and O–H groups in total. The summed E-state index contributed by atoms with van der Waals surface area (Å²) in [6, 6.07) is 15.7. The van der Waals surface area contributed by atoms with Gasteiger partial charge in [0.05, 0.1) is 11.7 Å². The number of nitrogens with one attached hydrogen (secondary N) is 2. The number of fused-ring (bicyclic) bond motifs is 1. The van der Waals surface area contributed by atoms with Crippen LogP contribution < -0.4 is 0 Å². The van der Waals surface area contributed by atoms with E-state index < -0.39 is 0 Å². The molecule has 0 radical (unpaired) electrons. The molecular formula is C33H39FN6. The van der Waals surface area contributed by atoms with E-state index in [9.17, 15) is 4.39 Å². The summed E-state index contributed by atoms with van der Waals surface area (Å²) in [5.41, 5.74) is 7.36. The second kappa shape index (κ2) is 14.0. The van der Waals surface area contributed by atoms with Crippen molar-refractivity contribution >= 4 is 10.9 Å². The molecule has 6 nitrogen and oxygen atoms in total. The van der Waals surface area contributed by atoms with Crippen molar-refractivity contribution in [3.05, 3.63) is 90.3 Å². The van der Waals surface area contributed by atoms with Crippen LogP contribution in [0.3, 0.4) is 0 Å². The number of unbranched alkanes of at least 4 members (excludes halogenated alkanes) is 3. The summed E-state index contributed by atoms with van der Waals surface area (Å²) < 4.78 is 14.2. The maximum atomic E-state index is 14.2. The van der Waals surface area contributed by atoms with Gasteiger partial charge in [-0.05, 0) is 80.2 Å². The summed E-state index contributed by atoms with van der Waals surface area (Å²) in [6.45, 7) is 5.28. The Morgan fingerprint density at radius 2 is 1.75 bits per heavy atom. The number of nitrogens with zero attached hydrogens (tertiary/aromatic N) is 4. The summed E-state index contributed by atoms with van der Waals surface area (Å²) in [4.78, 5) is 6.46. The van der Waals surface area contributed by atoms with Gasteiger partial charge in [-0.15, -0.1) is 0 Å². The highest BCUT2D eigenvalue weighted by molar-refractivity contribution is 5.95. The van der Waals surface area contributed by atoms with Crippen LogP contribution in [0.1, 0.15) is 63.0 Å². The van der Waals surface area contributed by atoms with E-state index in [0.717, 1.165) is 64.9 Å². The fourth-order valence-electron chi connectivity index (χ4n) is 5.43. The van der Waals surface area contributed by atoms with E-state index >= 15 is 0 Å². The monoisotopic (exact) mass is 538 g/mol. The largest absolute Gasteiger partial charge is 0.299 e. The molecule has 0 atom stereocenters. The van der Waals surface area contributed by atoms with Gasteiger partial charge in [0.2, 0.25) is 0 Å². The number of aryl methyl sites for hydroxylation is 1. The first-order valence-electron chi connectivity index (χ1n) is 14.6. The average molecular weight is 539 g/mol. The molecule has 0 amide bonds. The van der Waals surface area contributed by atoms with Crippen LogP contribution in [0.2, 0.25) is 0 Å². The molecule has 4 heterocycles. The standard InChI is InChI=1S/C18H28FN.C15H11N5/c1-2-3-4-6-10-16-11-9-12-18(19)17(16)15-20-13-7-5-8-14-20;1-2-14-13(7-11(1)12-8-17-18-9-12)15(20-19-14)10-3-5-16-6-4-10/h9,11-12H,2-8,10,13-15H2,1H3;1-9H,(H,17,18)(H,19,20).